The molecule has 1 amide bonds. The number of fused-ring (bicyclic) bond motifs is 1. The average Bonchev–Trinajstić information content (AvgIpc) is 3.23. The molecule has 4 rings (SSSR count). The molecule has 178 valence electrons. The van der Waals surface area contributed by atoms with Crippen LogP contribution in [-0.2, 0) is 14.8 Å². The molecule has 0 saturated carbocycles. The van der Waals surface area contributed by atoms with Gasteiger partial charge in [0.1, 0.15) is 0 Å². The molecule has 0 spiro atoms. The summed E-state index contributed by atoms with van der Waals surface area (Å²) in [5.74, 6) is -0.207. The Morgan fingerprint density at radius 3 is 2.36 bits per heavy atom. The van der Waals surface area contributed by atoms with Crippen molar-refractivity contribution in [3.8, 4) is 0 Å². The van der Waals surface area contributed by atoms with Crippen LogP contribution in [0.1, 0.15) is 10.4 Å². The molecular formula is C22H27ClN4O4S2. The molecule has 1 aromatic heterocycles. The van der Waals surface area contributed by atoms with E-state index in [1.165, 1.54) is 27.8 Å². The van der Waals surface area contributed by atoms with E-state index in [1.54, 1.807) is 17.0 Å². The van der Waals surface area contributed by atoms with E-state index < -0.39 is 10.0 Å². The highest BCUT2D eigenvalue weighted by Crippen LogP contribution is 2.29. The number of sulfonamides is 1. The number of benzene rings is 2. The van der Waals surface area contributed by atoms with E-state index in [4.69, 9.17) is 4.74 Å². The zero-order valence-corrected chi connectivity index (χ0v) is 21.0. The SMILES string of the molecule is CN(C)CCN(C(=O)c1ccc(S(=O)(=O)N2CCOCC2)cc1)c1nc2ccccc2s1.Cl. The fourth-order valence-corrected chi connectivity index (χ4v) is 5.82. The molecule has 1 fully saturated rings. The van der Waals surface area contributed by atoms with Crippen LogP contribution in [0.25, 0.3) is 10.2 Å². The summed E-state index contributed by atoms with van der Waals surface area (Å²) in [7, 11) is 0.297. The van der Waals surface area contributed by atoms with Gasteiger partial charge in [-0.2, -0.15) is 4.31 Å². The van der Waals surface area contributed by atoms with Crippen molar-refractivity contribution in [1.82, 2.24) is 14.2 Å². The van der Waals surface area contributed by atoms with Gasteiger partial charge in [0.2, 0.25) is 10.0 Å². The van der Waals surface area contributed by atoms with Crippen molar-refractivity contribution in [2.45, 2.75) is 4.90 Å². The number of thiazole rings is 1. The van der Waals surface area contributed by atoms with E-state index in [9.17, 15) is 13.2 Å². The number of carbonyl (C=O) groups excluding carboxylic acids is 1. The molecule has 1 aliphatic rings. The average molecular weight is 511 g/mol. The van der Waals surface area contributed by atoms with Crippen molar-refractivity contribution in [2.24, 2.45) is 0 Å². The number of aromatic nitrogens is 1. The maximum atomic E-state index is 13.4. The highest BCUT2D eigenvalue weighted by atomic mass is 35.5. The van der Waals surface area contributed by atoms with Gasteiger partial charge in [-0.05, 0) is 50.5 Å². The summed E-state index contributed by atoms with van der Waals surface area (Å²) in [5, 5.41) is 0.628. The Hall–Kier alpha value is -2.08. The molecule has 2 aromatic carbocycles. The van der Waals surface area contributed by atoms with Crippen molar-refractivity contribution >= 4 is 55.0 Å². The molecule has 11 heteroatoms. The number of para-hydroxylation sites is 1. The van der Waals surface area contributed by atoms with Crippen LogP contribution >= 0.6 is 23.7 Å². The predicted molar refractivity (Wildman–Crippen MR) is 133 cm³/mol. The van der Waals surface area contributed by atoms with Crippen LogP contribution in [0.15, 0.2) is 53.4 Å². The van der Waals surface area contributed by atoms with Crippen LogP contribution < -0.4 is 4.90 Å². The van der Waals surface area contributed by atoms with Gasteiger partial charge < -0.3 is 9.64 Å². The third kappa shape index (κ3) is 5.71. The maximum Gasteiger partial charge on any atom is 0.260 e. The number of amides is 1. The minimum absolute atomic E-state index is 0. The van der Waals surface area contributed by atoms with Gasteiger partial charge in [-0.15, -0.1) is 12.4 Å². The first-order valence-electron chi connectivity index (χ1n) is 10.4. The van der Waals surface area contributed by atoms with E-state index in [1.807, 2.05) is 43.3 Å². The van der Waals surface area contributed by atoms with Crippen molar-refractivity contribution < 1.29 is 17.9 Å². The lowest BCUT2D eigenvalue weighted by Gasteiger charge is -2.26. The van der Waals surface area contributed by atoms with Gasteiger partial charge in [0.05, 0.1) is 28.3 Å². The van der Waals surface area contributed by atoms with E-state index in [-0.39, 0.29) is 23.2 Å². The lowest BCUT2D eigenvalue weighted by molar-refractivity contribution is 0.0730. The maximum absolute atomic E-state index is 13.4. The Labute approximate surface area is 204 Å². The first-order chi connectivity index (χ1) is 15.4. The van der Waals surface area contributed by atoms with Gasteiger partial charge in [0, 0.05) is 31.7 Å². The van der Waals surface area contributed by atoms with Gasteiger partial charge in [-0.3, -0.25) is 9.69 Å². The van der Waals surface area contributed by atoms with Crippen molar-refractivity contribution in [1.29, 1.82) is 0 Å². The number of hydrogen-bond acceptors (Lipinski definition) is 7. The largest absolute Gasteiger partial charge is 0.379 e. The van der Waals surface area contributed by atoms with Gasteiger partial charge in [-0.25, -0.2) is 13.4 Å². The minimum Gasteiger partial charge on any atom is -0.379 e. The summed E-state index contributed by atoms with van der Waals surface area (Å²) in [6.45, 7) is 2.58. The van der Waals surface area contributed by atoms with Crippen LogP contribution in [0.2, 0.25) is 0 Å². The zero-order chi connectivity index (χ0) is 22.7. The lowest BCUT2D eigenvalue weighted by Crippen LogP contribution is -2.40. The lowest BCUT2D eigenvalue weighted by atomic mass is 10.2. The Kier molecular flexibility index (Phi) is 8.43. The van der Waals surface area contributed by atoms with E-state index in [0.29, 0.717) is 50.1 Å². The summed E-state index contributed by atoms with van der Waals surface area (Å²) in [5.41, 5.74) is 1.27. The number of hydrogen-bond donors (Lipinski definition) is 0. The highest BCUT2D eigenvalue weighted by Gasteiger charge is 2.27. The van der Waals surface area contributed by atoms with E-state index >= 15 is 0 Å². The number of carbonyl (C=O) groups is 1. The van der Waals surface area contributed by atoms with E-state index in [0.717, 1.165) is 10.2 Å². The Bertz CT molecular complexity index is 1160. The number of ether oxygens (including phenoxy) is 1. The fraction of sp³-hybridized carbons (Fsp3) is 0.364. The molecule has 33 heavy (non-hydrogen) atoms. The second-order valence-electron chi connectivity index (χ2n) is 7.77. The van der Waals surface area contributed by atoms with Crippen LogP contribution in [-0.4, -0.2) is 82.0 Å². The number of anilines is 1. The second kappa shape index (κ2) is 10.9. The number of nitrogens with zero attached hydrogens (tertiary/aromatic N) is 4. The standard InChI is InChI=1S/C22H26N4O4S2.ClH/c1-24(2)11-12-26(22-23-19-5-3-4-6-20(19)31-22)21(27)17-7-9-18(10-8-17)32(28,29)25-13-15-30-16-14-25;/h3-10H,11-16H2,1-2H3;1H. The Morgan fingerprint density at radius 2 is 1.73 bits per heavy atom. The fourth-order valence-electron chi connectivity index (χ4n) is 3.42. The number of morpholine rings is 1. The van der Waals surface area contributed by atoms with Crippen LogP contribution in [0.4, 0.5) is 5.13 Å². The Morgan fingerprint density at radius 1 is 1.06 bits per heavy atom. The van der Waals surface area contributed by atoms with Gasteiger partial charge in [0.25, 0.3) is 5.91 Å². The van der Waals surface area contributed by atoms with Crippen LogP contribution in [0.3, 0.4) is 0 Å². The summed E-state index contributed by atoms with van der Waals surface area (Å²) >= 11 is 1.47. The first-order valence-corrected chi connectivity index (χ1v) is 12.6. The number of halogens is 1. The molecule has 0 N–H and O–H groups in total. The van der Waals surface area contributed by atoms with Gasteiger partial charge in [0.15, 0.2) is 5.13 Å². The normalized spacial score (nSPS) is 14.9. The molecule has 3 aromatic rings. The quantitative estimate of drug-likeness (QED) is 0.486. The molecule has 1 aliphatic heterocycles. The summed E-state index contributed by atoms with van der Waals surface area (Å²) in [4.78, 5) is 21.9. The molecule has 2 heterocycles. The monoisotopic (exact) mass is 510 g/mol. The number of rotatable bonds is 7. The second-order valence-corrected chi connectivity index (χ2v) is 10.7. The first kappa shape index (κ1) is 25.5. The molecule has 0 bridgehead atoms. The molecule has 1 saturated heterocycles. The molecule has 8 nitrogen and oxygen atoms in total. The van der Waals surface area contributed by atoms with Crippen LogP contribution in [0, 0.1) is 0 Å². The smallest absolute Gasteiger partial charge is 0.260 e. The number of likely N-dealkylation sites (N-methyl/N-ethyl adjacent to an activating group) is 1. The van der Waals surface area contributed by atoms with Crippen LogP contribution in [0.5, 0.6) is 0 Å². The molecule has 0 atom stereocenters. The molecule has 0 aliphatic carbocycles. The Balaban J connectivity index is 0.00000306. The minimum atomic E-state index is -3.60. The van der Waals surface area contributed by atoms with E-state index in [2.05, 4.69) is 4.98 Å². The predicted octanol–water partition coefficient (Wildman–Crippen LogP) is 2.95. The molecule has 0 unspecified atom stereocenters. The van der Waals surface area contributed by atoms with Crippen molar-refractivity contribution in [2.75, 3.05) is 58.4 Å². The zero-order valence-electron chi connectivity index (χ0n) is 18.5. The third-order valence-corrected chi connectivity index (χ3v) is 8.21. The van der Waals surface area contributed by atoms with Crippen molar-refractivity contribution in [3.05, 3.63) is 54.1 Å². The summed E-state index contributed by atoms with van der Waals surface area (Å²) in [6, 6.07) is 13.9. The molecule has 0 radical (unpaired) electrons. The van der Waals surface area contributed by atoms with Gasteiger partial charge in [-0.1, -0.05) is 23.5 Å². The summed E-state index contributed by atoms with van der Waals surface area (Å²) in [6.07, 6.45) is 0. The van der Waals surface area contributed by atoms with Gasteiger partial charge >= 0.3 is 0 Å². The third-order valence-electron chi connectivity index (χ3n) is 5.24. The van der Waals surface area contributed by atoms with Crippen molar-refractivity contribution in [3.63, 3.8) is 0 Å². The summed E-state index contributed by atoms with van der Waals surface area (Å²) < 4.78 is 33.4. The highest BCUT2D eigenvalue weighted by molar-refractivity contribution is 7.89. The topological polar surface area (TPSA) is 83.1 Å². The molecular weight excluding hydrogens is 484 g/mol.